The Morgan fingerprint density at radius 3 is 2.35 bits per heavy atom. The zero-order valence-corrected chi connectivity index (χ0v) is 14.5. The molecule has 1 N–H and O–H groups in total. The molecule has 4 nitrogen and oxygen atoms in total. The van der Waals surface area contributed by atoms with Crippen molar-refractivity contribution in [3.8, 4) is 0 Å². The second-order valence-electron chi connectivity index (χ2n) is 6.84. The lowest BCUT2D eigenvalue weighted by Crippen LogP contribution is -2.49. The van der Waals surface area contributed by atoms with Crippen LogP contribution in [0.15, 0.2) is 24.3 Å². The number of hydrogen-bond acceptors (Lipinski definition) is 4. The minimum Gasteiger partial charge on any atom is -0.389 e. The fourth-order valence-corrected chi connectivity index (χ4v) is 2.62. The van der Waals surface area contributed by atoms with E-state index >= 15 is 0 Å². The van der Waals surface area contributed by atoms with E-state index in [0.717, 1.165) is 38.3 Å². The van der Waals surface area contributed by atoms with Crippen LogP contribution >= 0.6 is 0 Å². The molecule has 0 spiro atoms. The molecule has 0 aromatic heterocycles. The number of aliphatic hydroxyl groups is 1. The quantitative estimate of drug-likeness (QED) is 0.836. The lowest BCUT2D eigenvalue weighted by molar-refractivity contribution is -0.0674. The lowest BCUT2D eigenvalue weighted by atomic mass is 10.1. The summed E-state index contributed by atoms with van der Waals surface area (Å²) in [7, 11) is 0. The van der Waals surface area contributed by atoms with Gasteiger partial charge in [-0.05, 0) is 44.5 Å². The van der Waals surface area contributed by atoms with Crippen LogP contribution in [0.2, 0.25) is 0 Å². The molecule has 23 heavy (non-hydrogen) atoms. The van der Waals surface area contributed by atoms with Gasteiger partial charge >= 0.3 is 0 Å². The van der Waals surface area contributed by atoms with Crippen LogP contribution in [0.4, 0.5) is 10.1 Å². The molecule has 1 fully saturated rings. The number of hydrogen-bond donors (Lipinski definition) is 1. The van der Waals surface area contributed by atoms with Crippen LogP contribution in [0.25, 0.3) is 0 Å². The molecule has 1 atom stereocenters. The summed E-state index contributed by atoms with van der Waals surface area (Å²) < 4.78 is 18.7. The minimum absolute atomic E-state index is 0.178. The first-order valence-corrected chi connectivity index (χ1v) is 8.44. The van der Waals surface area contributed by atoms with Crippen molar-refractivity contribution in [1.29, 1.82) is 0 Å². The number of ether oxygens (including phenoxy) is 1. The number of anilines is 1. The largest absolute Gasteiger partial charge is 0.389 e. The highest BCUT2D eigenvalue weighted by Crippen LogP contribution is 2.17. The van der Waals surface area contributed by atoms with E-state index in [9.17, 15) is 9.50 Å². The van der Waals surface area contributed by atoms with Crippen LogP contribution in [0, 0.1) is 5.82 Å². The topological polar surface area (TPSA) is 35.9 Å². The van der Waals surface area contributed by atoms with Gasteiger partial charge in [-0.1, -0.05) is 6.92 Å². The maximum Gasteiger partial charge on any atom is 0.123 e. The van der Waals surface area contributed by atoms with Crippen LogP contribution in [0.1, 0.15) is 27.2 Å². The van der Waals surface area contributed by atoms with Crippen molar-refractivity contribution < 1.29 is 14.2 Å². The Morgan fingerprint density at radius 1 is 1.17 bits per heavy atom. The summed E-state index contributed by atoms with van der Waals surface area (Å²) in [6.45, 7) is 10.7. The van der Waals surface area contributed by atoms with Gasteiger partial charge in [0.15, 0.2) is 0 Å². The van der Waals surface area contributed by atoms with Crippen molar-refractivity contribution >= 4 is 5.69 Å². The third kappa shape index (κ3) is 5.75. The van der Waals surface area contributed by atoms with Crippen LogP contribution in [-0.4, -0.2) is 61.0 Å². The van der Waals surface area contributed by atoms with Gasteiger partial charge in [-0.2, -0.15) is 0 Å². The molecule has 2 rings (SSSR count). The Labute approximate surface area is 138 Å². The number of piperazine rings is 1. The predicted molar refractivity (Wildman–Crippen MR) is 91.4 cm³/mol. The highest BCUT2D eigenvalue weighted by molar-refractivity contribution is 5.46. The van der Waals surface area contributed by atoms with Crippen LogP contribution in [-0.2, 0) is 4.74 Å². The number of halogens is 1. The maximum absolute atomic E-state index is 13.0. The molecule has 1 aliphatic rings. The van der Waals surface area contributed by atoms with Gasteiger partial charge in [0.25, 0.3) is 0 Å². The molecule has 1 aliphatic heterocycles. The van der Waals surface area contributed by atoms with E-state index < -0.39 is 6.10 Å². The van der Waals surface area contributed by atoms with Gasteiger partial charge in [-0.3, -0.25) is 4.90 Å². The average molecular weight is 324 g/mol. The third-order valence-electron chi connectivity index (χ3n) is 4.55. The SMILES string of the molecule is CCC(C)(C)OC[C@@H](O)CN1CCN(c2ccc(F)cc2)CC1. The zero-order chi connectivity index (χ0) is 16.9. The molecule has 0 bridgehead atoms. The van der Waals surface area contributed by atoms with Gasteiger partial charge in [0, 0.05) is 38.4 Å². The first kappa shape index (κ1) is 18.2. The maximum atomic E-state index is 13.0. The van der Waals surface area contributed by atoms with Crippen LogP contribution in [0.3, 0.4) is 0 Å². The number of β-amino-alcohol motifs (C(OH)–C–C–N with tert-alkyl or cyclic N) is 1. The Morgan fingerprint density at radius 2 is 1.78 bits per heavy atom. The summed E-state index contributed by atoms with van der Waals surface area (Å²) in [5.41, 5.74) is 0.877. The summed E-state index contributed by atoms with van der Waals surface area (Å²) in [5, 5.41) is 10.2. The monoisotopic (exact) mass is 324 g/mol. The molecule has 0 amide bonds. The fourth-order valence-electron chi connectivity index (χ4n) is 2.62. The molecule has 1 saturated heterocycles. The number of nitrogens with zero attached hydrogens (tertiary/aromatic N) is 2. The Hall–Kier alpha value is -1.17. The van der Waals surface area contributed by atoms with E-state index in [1.54, 1.807) is 0 Å². The Balaban J connectivity index is 1.73. The molecule has 0 aliphatic carbocycles. The van der Waals surface area contributed by atoms with Gasteiger partial charge in [0.1, 0.15) is 5.82 Å². The molecule has 130 valence electrons. The summed E-state index contributed by atoms with van der Waals surface area (Å²) >= 11 is 0. The van der Waals surface area contributed by atoms with Crippen molar-refractivity contribution in [2.24, 2.45) is 0 Å². The predicted octanol–water partition coefficient (Wildman–Crippen LogP) is 2.51. The van der Waals surface area contributed by atoms with Gasteiger partial charge in [0.2, 0.25) is 0 Å². The first-order chi connectivity index (χ1) is 10.9. The molecule has 1 aromatic rings. The molecular formula is C18H29FN2O2. The lowest BCUT2D eigenvalue weighted by Gasteiger charge is -2.37. The van der Waals surface area contributed by atoms with E-state index in [4.69, 9.17) is 4.74 Å². The first-order valence-electron chi connectivity index (χ1n) is 8.44. The highest BCUT2D eigenvalue weighted by Gasteiger charge is 2.22. The Bertz CT molecular complexity index is 470. The van der Waals surface area contributed by atoms with Crippen LogP contribution < -0.4 is 4.90 Å². The van der Waals surface area contributed by atoms with Crippen LogP contribution in [0.5, 0.6) is 0 Å². The summed E-state index contributed by atoms with van der Waals surface area (Å²) in [6.07, 6.45) is 0.467. The van der Waals surface area contributed by atoms with E-state index in [1.807, 2.05) is 26.0 Å². The highest BCUT2D eigenvalue weighted by atomic mass is 19.1. The normalized spacial score (nSPS) is 18.2. The van der Waals surface area contributed by atoms with Gasteiger partial charge in [0.05, 0.1) is 18.3 Å². The molecule has 1 aromatic carbocycles. The molecule has 0 radical (unpaired) electrons. The van der Waals surface area contributed by atoms with E-state index in [0.29, 0.717) is 13.2 Å². The van der Waals surface area contributed by atoms with E-state index in [2.05, 4.69) is 16.7 Å². The van der Waals surface area contributed by atoms with Crippen molar-refractivity contribution in [2.45, 2.75) is 38.9 Å². The van der Waals surface area contributed by atoms with E-state index in [1.165, 1.54) is 12.1 Å². The summed E-state index contributed by atoms with van der Waals surface area (Å²) in [5.74, 6) is -0.203. The molecule has 1 heterocycles. The second-order valence-corrected chi connectivity index (χ2v) is 6.84. The molecule has 5 heteroatoms. The van der Waals surface area contributed by atoms with Gasteiger partial charge in [-0.25, -0.2) is 4.39 Å². The third-order valence-corrected chi connectivity index (χ3v) is 4.55. The average Bonchev–Trinajstić information content (AvgIpc) is 2.55. The number of benzene rings is 1. The van der Waals surface area contributed by atoms with Crippen molar-refractivity contribution in [2.75, 3.05) is 44.2 Å². The molecule has 0 saturated carbocycles. The van der Waals surface area contributed by atoms with Crippen molar-refractivity contribution in [3.63, 3.8) is 0 Å². The zero-order valence-electron chi connectivity index (χ0n) is 14.5. The van der Waals surface area contributed by atoms with E-state index in [-0.39, 0.29) is 11.4 Å². The Kier molecular flexibility index (Phi) is 6.39. The number of aliphatic hydroxyl groups excluding tert-OH is 1. The minimum atomic E-state index is -0.460. The van der Waals surface area contributed by atoms with Gasteiger partial charge in [-0.15, -0.1) is 0 Å². The standard InChI is InChI=1S/C18H29FN2O2/c1-4-18(2,3)23-14-17(22)13-20-9-11-21(12-10-20)16-7-5-15(19)6-8-16/h5-8,17,22H,4,9-14H2,1-3H3/t17-/m0/s1. The smallest absolute Gasteiger partial charge is 0.123 e. The van der Waals surface area contributed by atoms with Crippen molar-refractivity contribution in [3.05, 3.63) is 30.1 Å². The number of rotatable bonds is 7. The summed E-state index contributed by atoms with van der Waals surface area (Å²) in [6, 6.07) is 6.64. The summed E-state index contributed by atoms with van der Waals surface area (Å²) in [4.78, 5) is 4.51. The fraction of sp³-hybridized carbons (Fsp3) is 0.667. The van der Waals surface area contributed by atoms with Gasteiger partial charge < -0.3 is 14.7 Å². The molecule has 0 unspecified atom stereocenters. The molecular weight excluding hydrogens is 295 g/mol. The second kappa shape index (κ2) is 8.08. The van der Waals surface area contributed by atoms with Crippen molar-refractivity contribution in [1.82, 2.24) is 4.90 Å².